The lowest BCUT2D eigenvalue weighted by atomic mass is 10.4. The minimum Gasteiger partial charge on any atom is -0.468 e. The Morgan fingerprint density at radius 2 is 2.53 bits per heavy atom. The van der Waals surface area contributed by atoms with Crippen molar-refractivity contribution >= 4 is 29.1 Å². The van der Waals surface area contributed by atoms with E-state index >= 15 is 0 Å². The van der Waals surface area contributed by atoms with Gasteiger partial charge in [-0.25, -0.2) is 0 Å². The van der Waals surface area contributed by atoms with Gasteiger partial charge in [0.15, 0.2) is 0 Å². The molecule has 2 N–H and O–H groups in total. The zero-order valence-corrected chi connectivity index (χ0v) is 10.3. The molecule has 0 aromatic carbocycles. The fourth-order valence-electron chi connectivity index (χ4n) is 1.06. The number of thioether (sulfide) groups is 1. The fraction of sp³-hybridized carbons (Fsp3) is 0.500. The van der Waals surface area contributed by atoms with Crippen LogP contribution in [-0.4, -0.2) is 30.6 Å². The van der Waals surface area contributed by atoms with Crippen molar-refractivity contribution in [2.45, 2.75) is 12.5 Å². The van der Waals surface area contributed by atoms with Crippen molar-refractivity contribution in [3.05, 3.63) is 22.4 Å². The number of methoxy groups -OCH3 is 1. The lowest BCUT2D eigenvalue weighted by Gasteiger charge is -2.07. The Labute approximate surface area is 98.0 Å². The van der Waals surface area contributed by atoms with Gasteiger partial charge in [0, 0.05) is 10.6 Å². The summed E-state index contributed by atoms with van der Waals surface area (Å²) >= 11 is 3.44. The first-order valence-corrected chi connectivity index (χ1v) is 6.71. The third-order valence-electron chi connectivity index (χ3n) is 1.87. The number of carbonyl (C=O) groups is 1. The second-order valence-corrected chi connectivity index (χ2v) is 5.22. The summed E-state index contributed by atoms with van der Waals surface area (Å²) in [5.41, 5.74) is 5.59. The van der Waals surface area contributed by atoms with E-state index in [0.29, 0.717) is 5.75 Å². The van der Waals surface area contributed by atoms with Gasteiger partial charge in [-0.15, -0.1) is 11.3 Å². The highest BCUT2D eigenvalue weighted by Crippen LogP contribution is 2.13. The van der Waals surface area contributed by atoms with Crippen molar-refractivity contribution in [1.82, 2.24) is 0 Å². The number of rotatable bonds is 6. The number of esters is 1. The van der Waals surface area contributed by atoms with Crippen LogP contribution in [0.25, 0.3) is 0 Å². The molecule has 0 aliphatic heterocycles. The summed E-state index contributed by atoms with van der Waals surface area (Å²) in [5.74, 6) is 1.28. The summed E-state index contributed by atoms with van der Waals surface area (Å²) in [5, 5.41) is 2.07. The predicted molar refractivity (Wildman–Crippen MR) is 65.3 cm³/mol. The van der Waals surface area contributed by atoms with Crippen molar-refractivity contribution in [1.29, 1.82) is 0 Å². The van der Waals surface area contributed by atoms with E-state index in [4.69, 9.17) is 5.73 Å². The normalized spacial score (nSPS) is 12.4. The molecule has 5 heteroatoms. The van der Waals surface area contributed by atoms with E-state index in [9.17, 15) is 4.79 Å². The minimum absolute atomic E-state index is 0.335. The third kappa shape index (κ3) is 4.68. The molecule has 0 aliphatic carbocycles. The first-order valence-electron chi connectivity index (χ1n) is 4.67. The monoisotopic (exact) mass is 245 g/mol. The maximum atomic E-state index is 11.0. The highest BCUT2D eigenvalue weighted by atomic mass is 32.2. The van der Waals surface area contributed by atoms with Gasteiger partial charge in [0.1, 0.15) is 6.04 Å². The second-order valence-electron chi connectivity index (χ2n) is 3.03. The van der Waals surface area contributed by atoms with Gasteiger partial charge in [0.25, 0.3) is 0 Å². The van der Waals surface area contributed by atoms with Crippen LogP contribution in [0.2, 0.25) is 0 Å². The van der Waals surface area contributed by atoms with Crippen LogP contribution in [0.1, 0.15) is 4.88 Å². The summed E-state index contributed by atoms with van der Waals surface area (Å²) < 4.78 is 4.54. The van der Waals surface area contributed by atoms with Gasteiger partial charge >= 0.3 is 5.97 Å². The molecule has 0 saturated carbocycles. The Morgan fingerprint density at radius 3 is 3.13 bits per heavy atom. The van der Waals surface area contributed by atoms with Crippen LogP contribution in [0, 0.1) is 0 Å². The van der Waals surface area contributed by atoms with Gasteiger partial charge in [-0.05, 0) is 23.6 Å². The molecule has 1 unspecified atom stereocenters. The Morgan fingerprint density at radius 1 is 1.73 bits per heavy atom. The molecule has 0 amide bonds. The molecule has 84 valence electrons. The number of nitrogens with two attached hydrogens (primary N) is 1. The Bertz CT molecular complexity index is 288. The van der Waals surface area contributed by atoms with Crippen LogP contribution in [0.3, 0.4) is 0 Å². The molecule has 0 spiro atoms. The highest BCUT2D eigenvalue weighted by molar-refractivity contribution is 7.99. The molecule has 15 heavy (non-hydrogen) atoms. The SMILES string of the molecule is COC(=O)C(N)CSCCc1cccs1. The summed E-state index contributed by atoms with van der Waals surface area (Å²) in [6.45, 7) is 0. The van der Waals surface area contributed by atoms with Crippen LogP contribution < -0.4 is 5.73 Å². The molecule has 1 atom stereocenters. The van der Waals surface area contributed by atoms with E-state index in [1.165, 1.54) is 12.0 Å². The number of aryl methyl sites for hydroxylation is 1. The molecule has 1 aromatic heterocycles. The first-order chi connectivity index (χ1) is 7.24. The predicted octanol–water partition coefficient (Wildman–Crippen LogP) is 1.52. The Kier molecular flexibility index (Phi) is 5.75. The van der Waals surface area contributed by atoms with Crippen molar-refractivity contribution in [2.24, 2.45) is 5.73 Å². The zero-order valence-electron chi connectivity index (χ0n) is 8.64. The zero-order chi connectivity index (χ0) is 11.1. The molecule has 3 nitrogen and oxygen atoms in total. The quantitative estimate of drug-likeness (QED) is 0.610. The molecule has 1 heterocycles. The van der Waals surface area contributed by atoms with Crippen molar-refractivity contribution < 1.29 is 9.53 Å². The lowest BCUT2D eigenvalue weighted by molar-refractivity contribution is -0.141. The first kappa shape index (κ1) is 12.5. The molecule has 0 bridgehead atoms. The molecule has 0 fully saturated rings. The maximum absolute atomic E-state index is 11.0. The molecule has 1 aromatic rings. The summed E-state index contributed by atoms with van der Waals surface area (Å²) in [6.07, 6.45) is 1.04. The average molecular weight is 245 g/mol. The van der Waals surface area contributed by atoms with E-state index in [-0.39, 0.29) is 5.97 Å². The van der Waals surface area contributed by atoms with E-state index in [0.717, 1.165) is 12.2 Å². The molecule has 0 aliphatic rings. The molecular formula is C10H15NO2S2. The molecule has 0 saturated heterocycles. The van der Waals surface area contributed by atoms with Crippen LogP contribution >= 0.6 is 23.1 Å². The van der Waals surface area contributed by atoms with Crippen LogP contribution in [0.4, 0.5) is 0 Å². The topological polar surface area (TPSA) is 52.3 Å². The summed E-state index contributed by atoms with van der Waals surface area (Å²) in [6, 6.07) is 3.67. The standard InChI is InChI=1S/C10H15NO2S2/c1-13-10(12)9(11)7-14-6-4-8-3-2-5-15-8/h2-3,5,9H,4,6-7,11H2,1H3. The van der Waals surface area contributed by atoms with Crippen molar-refractivity contribution in [3.63, 3.8) is 0 Å². The number of thiophene rings is 1. The molecular weight excluding hydrogens is 230 g/mol. The number of ether oxygens (including phenoxy) is 1. The van der Waals surface area contributed by atoms with Gasteiger partial charge in [0.05, 0.1) is 7.11 Å². The van der Waals surface area contributed by atoms with Gasteiger partial charge in [0.2, 0.25) is 0 Å². The van der Waals surface area contributed by atoms with Gasteiger partial charge < -0.3 is 10.5 Å². The van der Waals surface area contributed by atoms with Crippen molar-refractivity contribution in [3.8, 4) is 0 Å². The molecule has 1 rings (SSSR count). The number of hydrogen-bond donors (Lipinski definition) is 1. The Balaban J connectivity index is 2.09. The van der Waals surface area contributed by atoms with E-state index in [1.54, 1.807) is 23.1 Å². The van der Waals surface area contributed by atoms with Gasteiger partial charge in [-0.2, -0.15) is 11.8 Å². The van der Waals surface area contributed by atoms with Gasteiger partial charge in [-0.1, -0.05) is 6.07 Å². The third-order valence-corrected chi connectivity index (χ3v) is 3.90. The van der Waals surface area contributed by atoms with E-state index < -0.39 is 6.04 Å². The van der Waals surface area contributed by atoms with Crippen LogP contribution in [-0.2, 0) is 16.0 Å². The maximum Gasteiger partial charge on any atom is 0.323 e. The summed E-state index contributed by atoms with van der Waals surface area (Å²) in [4.78, 5) is 12.3. The van der Waals surface area contributed by atoms with Gasteiger partial charge in [-0.3, -0.25) is 4.79 Å². The number of hydrogen-bond acceptors (Lipinski definition) is 5. The lowest BCUT2D eigenvalue weighted by Crippen LogP contribution is -2.33. The number of carbonyl (C=O) groups excluding carboxylic acids is 1. The van der Waals surface area contributed by atoms with E-state index in [2.05, 4.69) is 16.2 Å². The summed E-state index contributed by atoms with van der Waals surface area (Å²) in [7, 11) is 1.36. The van der Waals surface area contributed by atoms with Crippen LogP contribution in [0.15, 0.2) is 17.5 Å². The smallest absolute Gasteiger partial charge is 0.323 e. The highest BCUT2D eigenvalue weighted by Gasteiger charge is 2.12. The second kappa shape index (κ2) is 6.87. The fourth-order valence-corrected chi connectivity index (χ4v) is 2.82. The minimum atomic E-state index is -0.497. The van der Waals surface area contributed by atoms with Crippen LogP contribution in [0.5, 0.6) is 0 Å². The molecule has 0 radical (unpaired) electrons. The Hall–Kier alpha value is -0.520. The largest absolute Gasteiger partial charge is 0.468 e. The van der Waals surface area contributed by atoms with E-state index in [1.807, 2.05) is 6.07 Å². The average Bonchev–Trinajstić information content (AvgIpc) is 2.75. The van der Waals surface area contributed by atoms with Crippen molar-refractivity contribution in [2.75, 3.05) is 18.6 Å².